The Kier molecular flexibility index (Phi) is 4.82. The Balaban J connectivity index is 2.67. The van der Waals surface area contributed by atoms with Gasteiger partial charge in [0.15, 0.2) is 5.82 Å². The predicted octanol–water partition coefficient (Wildman–Crippen LogP) is 2.15. The highest BCUT2D eigenvalue weighted by Gasteiger charge is 2.45. The molecule has 0 aliphatic heterocycles. The average molecular weight is 323 g/mol. The lowest BCUT2D eigenvalue weighted by molar-refractivity contribution is -0.143. The van der Waals surface area contributed by atoms with Gasteiger partial charge in [0.05, 0.1) is 27.4 Å². The van der Waals surface area contributed by atoms with Crippen molar-refractivity contribution >= 4 is 17.6 Å². The third-order valence-electron chi connectivity index (χ3n) is 3.04. The number of hydrogen-bond acceptors (Lipinski definition) is 6. The molecule has 0 amide bonds. The number of halogens is 1. The van der Waals surface area contributed by atoms with Crippen LogP contribution in [0.2, 0.25) is 0 Å². The van der Waals surface area contributed by atoms with E-state index in [-0.39, 0.29) is 17.6 Å². The van der Waals surface area contributed by atoms with E-state index in [1.165, 1.54) is 27.4 Å². The fourth-order valence-electron chi connectivity index (χ4n) is 1.91. The van der Waals surface area contributed by atoms with E-state index in [2.05, 4.69) is 9.97 Å². The van der Waals surface area contributed by atoms with Crippen molar-refractivity contribution in [3.63, 3.8) is 0 Å². The van der Waals surface area contributed by atoms with Crippen LogP contribution in [0, 0.1) is 0 Å². The molecule has 0 radical (unpaired) electrons. The van der Waals surface area contributed by atoms with Crippen LogP contribution in [0.3, 0.4) is 0 Å². The van der Waals surface area contributed by atoms with Gasteiger partial charge in [-0.15, -0.1) is 0 Å². The molecule has 0 saturated carbocycles. The number of aromatic nitrogens is 2. The van der Waals surface area contributed by atoms with Crippen LogP contribution in [0.1, 0.15) is 11.4 Å². The van der Waals surface area contributed by atoms with E-state index < -0.39 is 10.8 Å². The maximum Gasteiger partial charge on any atom is 0.339 e. The van der Waals surface area contributed by atoms with E-state index in [9.17, 15) is 4.79 Å². The third-order valence-corrected chi connectivity index (χ3v) is 3.59. The molecule has 116 valence electrons. The zero-order valence-electron chi connectivity index (χ0n) is 12.4. The normalized spacial score (nSPS) is 13.1. The minimum Gasteiger partial charge on any atom is -0.481 e. The molecule has 2 aromatic rings. The lowest BCUT2D eigenvalue weighted by Gasteiger charge is -2.23. The second-order valence-electron chi connectivity index (χ2n) is 4.29. The molecular formula is C15H15ClN2O4. The van der Waals surface area contributed by atoms with Crippen molar-refractivity contribution in [1.29, 1.82) is 0 Å². The standard InChI is InChI=1S/C15H15ClN2O4/c1-20-11-9-12(21-2)18-13(17-11)15(16,14(19)22-3)10-7-5-4-6-8-10/h4-9H,1-3H3. The number of carbonyl (C=O) groups is 1. The van der Waals surface area contributed by atoms with Gasteiger partial charge in [0, 0.05) is 0 Å². The van der Waals surface area contributed by atoms with Gasteiger partial charge in [0.1, 0.15) is 0 Å². The van der Waals surface area contributed by atoms with Crippen LogP contribution >= 0.6 is 11.6 Å². The number of esters is 1. The van der Waals surface area contributed by atoms with Gasteiger partial charge in [-0.05, 0) is 5.56 Å². The first-order valence-electron chi connectivity index (χ1n) is 6.36. The first-order chi connectivity index (χ1) is 10.6. The van der Waals surface area contributed by atoms with Gasteiger partial charge >= 0.3 is 5.97 Å². The van der Waals surface area contributed by atoms with Crippen LogP contribution in [0.5, 0.6) is 11.8 Å². The van der Waals surface area contributed by atoms with Gasteiger partial charge in [-0.1, -0.05) is 41.9 Å². The van der Waals surface area contributed by atoms with Crippen molar-refractivity contribution in [3.05, 3.63) is 47.8 Å². The number of methoxy groups -OCH3 is 3. The number of benzene rings is 1. The largest absolute Gasteiger partial charge is 0.481 e. The van der Waals surface area contributed by atoms with E-state index in [4.69, 9.17) is 25.8 Å². The highest BCUT2D eigenvalue weighted by molar-refractivity contribution is 6.35. The van der Waals surface area contributed by atoms with E-state index in [1.807, 2.05) is 6.07 Å². The maximum atomic E-state index is 12.3. The van der Waals surface area contributed by atoms with Crippen LogP contribution in [-0.2, 0) is 14.4 Å². The molecule has 7 heteroatoms. The van der Waals surface area contributed by atoms with Crippen LogP contribution in [0.25, 0.3) is 0 Å². The minimum absolute atomic E-state index is 0.0171. The van der Waals surface area contributed by atoms with Gasteiger partial charge in [-0.2, -0.15) is 9.97 Å². The predicted molar refractivity (Wildman–Crippen MR) is 80.2 cm³/mol. The topological polar surface area (TPSA) is 70.5 Å². The molecule has 1 heterocycles. The molecule has 0 N–H and O–H groups in total. The van der Waals surface area contributed by atoms with Crippen LogP contribution in [0.4, 0.5) is 0 Å². The van der Waals surface area contributed by atoms with E-state index in [1.54, 1.807) is 24.3 Å². The highest BCUT2D eigenvalue weighted by Crippen LogP contribution is 2.37. The molecule has 1 aromatic heterocycles. The van der Waals surface area contributed by atoms with Gasteiger partial charge in [-0.3, -0.25) is 0 Å². The monoisotopic (exact) mass is 322 g/mol. The molecule has 0 aliphatic rings. The van der Waals surface area contributed by atoms with E-state index in [0.717, 1.165) is 0 Å². The molecule has 1 unspecified atom stereocenters. The van der Waals surface area contributed by atoms with Gasteiger partial charge in [0.25, 0.3) is 0 Å². The Morgan fingerprint density at radius 2 is 1.59 bits per heavy atom. The number of nitrogens with zero attached hydrogens (tertiary/aromatic N) is 2. The summed E-state index contributed by atoms with van der Waals surface area (Å²) in [4.78, 5) is 19.0. The van der Waals surface area contributed by atoms with Crippen molar-refractivity contribution in [1.82, 2.24) is 9.97 Å². The minimum atomic E-state index is -1.70. The first kappa shape index (κ1) is 16.0. The Morgan fingerprint density at radius 1 is 1.05 bits per heavy atom. The first-order valence-corrected chi connectivity index (χ1v) is 6.74. The third kappa shape index (κ3) is 2.82. The second-order valence-corrected chi connectivity index (χ2v) is 4.86. The molecule has 0 fully saturated rings. The summed E-state index contributed by atoms with van der Waals surface area (Å²) in [5, 5.41) is 0. The summed E-state index contributed by atoms with van der Waals surface area (Å²) in [6.07, 6.45) is 0. The van der Waals surface area contributed by atoms with Crippen molar-refractivity contribution in [3.8, 4) is 11.8 Å². The lowest BCUT2D eigenvalue weighted by Crippen LogP contribution is -2.34. The maximum absolute atomic E-state index is 12.3. The summed E-state index contributed by atoms with van der Waals surface area (Å²) < 4.78 is 15.0. The lowest BCUT2D eigenvalue weighted by atomic mass is 9.97. The summed E-state index contributed by atoms with van der Waals surface area (Å²) >= 11 is 6.59. The van der Waals surface area contributed by atoms with Crippen molar-refractivity contribution < 1.29 is 19.0 Å². The molecular weight excluding hydrogens is 308 g/mol. The summed E-state index contributed by atoms with van der Waals surface area (Å²) in [5.41, 5.74) is 0.485. The summed E-state index contributed by atoms with van der Waals surface area (Å²) in [5.74, 6) is -0.225. The molecule has 0 saturated heterocycles. The van der Waals surface area contributed by atoms with Crippen molar-refractivity contribution in [2.24, 2.45) is 0 Å². The van der Waals surface area contributed by atoms with Gasteiger partial charge in [-0.25, -0.2) is 4.79 Å². The number of ether oxygens (including phenoxy) is 3. The van der Waals surface area contributed by atoms with Crippen molar-refractivity contribution in [2.75, 3.05) is 21.3 Å². The highest BCUT2D eigenvalue weighted by atomic mass is 35.5. The fourth-order valence-corrected chi connectivity index (χ4v) is 2.20. The Bertz CT molecular complexity index is 644. The molecule has 22 heavy (non-hydrogen) atoms. The zero-order chi connectivity index (χ0) is 16.2. The number of alkyl halides is 1. The number of carbonyl (C=O) groups excluding carboxylic acids is 1. The number of rotatable bonds is 5. The van der Waals surface area contributed by atoms with Crippen LogP contribution < -0.4 is 9.47 Å². The Morgan fingerprint density at radius 3 is 2.05 bits per heavy atom. The van der Waals surface area contributed by atoms with E-state index >= 15 is 0 Å². The summed E-state index contributed by atoms with van der Waals surface area (Å²) in [6.45, 7) is 0. The van der Waals surface area contributed by atoms with Crippen LogP contribution in [-0.4, -0.2) is 37.3 Å². The van der Waals surface area contributed by atoms with Gasteiger partial charge in [0.2, 0.25) is 16.6 Å². The Hall–Kier alpha value is -2.34. The second kappa shape index (κ2) is 6.62. The summed E-state index contributed by atoms with van der Waals surface area (Å²) in [7, 11) is 4.14. The molecule has 2 rings (SSSR count). The molecule has 1 aromatic carbocycles. The van der Waals surface area contributed by atoms with Crippen LogP contribution in [0.15, 0.2) is 36.4 Å². The SMILES string of the molecule is COC(=O)C(Cl)(c1ccccc1)c1nc(OC)cc(OC)n1. The summed E-state index contributed by atoms with van der Waals surface area (Å²) in [6, 6.07) is 10.2. The average Bonchev–Trinajstić information content (AvgIpc) is 2.60. The molecule has 0 aliphatic carbocycles. The molecule has 0 spiro atoms. The molecule has 6 nitrogen and oxygen atoms in total. The van der Waals surface area contributed by atoms with Crippen molar-refractivity contribution in [2.45, 2.75) is 4.87 Å². The van der Waals surface area contributed by atoms with E-state index in [0.29, 0.717) is 5.56 Å². The smallest absolute Gasteiger partial charge is 0.339 e. The zero-order valence-corrected chi connectivity index (χ0v) is 13.1. The molecule has 1 atom stereocenters. The fraction of sp³-hybridized carbons (Fsp3) is 0.267. The van der Waals surface area contributed by atoms with Gasteiger partial charge < -0.3 is 14.2 Å². The molecule has 0 bridgehead atoms. The Labute approximate surface area is 133 Å². The quantitative estimate of drug-likeness (QED) is 0.620. The number of hydrogen-bond donors (Lipinski definition) is 0.